The fourth-order valence-electron chi connectivity index (χ4n) is 2.03. The third-order valence-electron chi connectivity index (χ3n) is 3.06. The SMILES string of the molecule is COc1cc(/C=C/c2ncn[nH]2)ccc1-n1cnc(C)c1. The maximum Gasteiger partial charge on any atom is 0.148 e. The number of ether oxygens (including phenoxy) is 1. The van der Waals surface area contributed by atoms with Crippen molar-refractivity contribution in [3.63, 3.8) is 0 Å². The molecule has 106 valence electrons. The number of aryl methyl sites for hydroxylation is 1. The molecule has 0 atom stereocenters. The van der Waals surface area contributed by atoms with E-state index in [0.29, 0.717) is 5.82 Å². The van der Waals surface area contributed by atoms with Crippen LogP contribution >= 0.6 is 0 Å². The van der Waals surface area contributed by atoms with Gasteiger partial charge in [-0.2, -0.15) is 5.10 Å². The molecule has 0 radical (unpaired) electrons. The summed E-state index contributed by atoms with van der Waals surface area (Å²) in [7, 11) is 1.66. The van der Waals surface area contributed by atoms with Gasteiger partial charge in [0, 0.05) is 6.20 Å². The Morgan fingerprint density at radius 2 is 2.14 bits per heavy atom. The van der Waals surface area contributed by atoms with E-state index in [2.05, 4.69) is 20.2 Å². The molecule has 0 amide bonds. The number of H-pyrrole nitrogens is 1. The number of nitrogens with one attached hydrogen (secondary N) is 1. The lowest BCUT2D eigenvalue weighted by Gasteiger charge is -2.09. The van der Waals surface area contributed by atoms with Gasteiger partial charge in [-0.1, -0.05) is 12.1 Å². The van der Waals surface area contributed by atoms with Crippen LogP contribution in [0.1, 0.15) is 17.1 Å². The van der Waals surface area contributed by atoms with Gasteiger partial charge < -0.3 is 9.30 Å². The minimum atomic E-state index is 0.711. The van der Waals surface area contributed by atoms with Gasteiger partial charge in [-0.15, -0.1) is 0 Å². The van der Waals surface area contributed by atoms with Gasteiger partial charge in [-0.05, 0) is 30.7 Å². The fourth-order valence-corrected chi connectivity index (χ4v) is 2.03. The monoisotopic (exact) mass is 281 g/mol. The average molecular weight is 281 g/mol. The van der Waals surface area contributed by atoms with E-state index in [0.717, 1.165) is 22.7 Å². The van der Waals surface area contributed by atoms with Crippen molar-refractivity contribution in [3.05, 3.63) is 54.1 Å². The molecule has 1 aromatic carbocycles. The number of nitrogens with zero attached hydrogens (tertiary/aromatic N) is 4. The zero-order valence-electron chi connectivity index (χ0n) is 11.8. The number of aromatic amines is 1. The predicted molar refractivity (Wildman–Crippen MR) is 80.2 cm³/mol. The number of benzene rings is 1. The van der Waals surface area contributed by atoms with Crippen LogP contribution in [0, 0.1) is 6.92 Å². The molecule has 6 nitrogen and oxygen atoms in total. The first-order valence-corrected chi connectivity index (χ1v) is 6.49. The zero-order valence-corrected chi connectivity index (χ0v) is 11.8. The van der Waals surface area contributed by atoms with Crippen LogP contribution in [0.2, 0.25) is 0 Å². The topological polar surface area (TPSA) is 68.6 Å². The molecule has 21 heavy (non-hydrogen) atoms. The molecule has 3 aromatic rings. The normalized spacial score (nSPS) is 11.1. The van der Waals surface area contributed by atoms with E-state index in [1.165, 1.54) is 6.33 Å². The summed E-state index contributed by atoms with van der Waals surface area (Å²) < 4.78 is 7.41. The van der Waals surface area contributed by atoms with E-state index in [1.54, 1.807) is 13.4 Å². The Hall–Kier alpha value is -2.89. The van der Waals surface area contributed by atoms with Gasteiger partial charge in [0.1, 0.15) is 17.9 Å². The molecule has 0 fully saturated rings. The largest absolute Gasteiger partial charge is 0.495 e. The summed E-state index contributed by atoms with van der Waals surface area (Å²) in [4.78, 5) is 8.28. The van der Waals surface area contributed by atoms with Crippen LogP contribution in [0.15, 0.2) is 37.1 Å². The molecular weight excluding hydrogens is 266 g/mol. The lowest BCUT2D eigenvalue weighted by molar-refractivity contribution is 0.413. The smallest absolute Gasteiger partial charge is 0.148 e. The summed E-state index contributed by atoms with van der Waals surface area (Å²) in [6, 6.07) is 5.98. The Labute approximate surface area is 122 Å². The highest BCUT2D eigenvalue weighted by Crippen LogP contribution is 2.25. The van der Waals surface area contributed by atoms with E-state index in [9.17, 15) is 0 Å². The molecular formula is C15H15N5O. The molecule has 0 aliphatic heterocycles. The minimum Gasteiger partial charge on any atom is -0.495 e. The molecule has 0 aliphatic rings. The van der Waals surface area contributed by atoms with Crippen LogP contribution in [0.4, 0.5) is 0 Å². The van der Waals surface area contributed by atoms with Crippen molar-refractivity contribution in [1.82, 2.24) is 24.7 Å². The van der Waals surface area contributed by atoms with Gasteiger partial charge in [0.05, 0.1) is 24.8 Å². The number of methoxy groups -OCH3 is 1. The van der Waals surface area contributed by atoms with Crippen molar-refractivity contribution in [3.8, 4) is 11.4 Å². The maximum atomic E-state index is 5.47. The lowest BCUT2D eigenvalue weighted by atomic mass is 10.1. The highest BCUT2D eigenvalue weighted by Gasteiger charge is 2.06. The standard InChI is InChI=1S/C15H15N5O/c1-11-8-20(10-17-11)13-5-3-12(7-14(13)21-2)4-6-15-16-9-18-19-15/h3-10H,1-2H3,(H,16,18,19)/b6-4+. The molecule has 0 saturated carbocycles. The maximum absolute atomic E-state index is 5.47. The van der Waals surface area contributed by atoms with E-state index in [4.69, 9.17) is 4.74 Å². The molecule has 2 heterocycles. The first-order valence-electron chi connectivity index (χ1n) is 6.49. The average Bonchev–Trinajstić information content (AvgIpc) is 3.16. The van der Waals surface area contributed by atoms with Gasteiger partial charge in [-0.25, -0.2) is 9.97 Å². The first-order chi connectivity index (χ1) is 10.3. The van der Waals surface area contributed by atoms with Crippen LogP contribution in [0.25, 0.3) is 17.8 Å². The van der Waals surface area contributed by atoms with Gasteiger partial charge in [0.2, 0.25) is 0 Å². The number of rotatable bonds is 4. The molecule has 6 heteroatoms. The number of imidazole rings is 1. The van der Waals surface area contributed by atoms with Crippen molar-refractivity contribution >= 4 is 12.2 Å². The predicted octanol–water partition coefficient (Wildman–Crippen LogP) is 2.48. The molecule has 0 unspecified atom stereocenters. The van der Waals surface area contributed by atoms with Crippen LogP contribution in [0.3, 0.4) is 0 Å². The highest BCUT2D eigenvalue weighted by atomic mass is 16.5. The van der Waals surface area contributed by atoms with Crippen LogP contribution < -0.4 is 4.74 Å². The number of hydrogen-bond acceptors (Lipinski definition) is 4. The Kier molecular flexibility index (Phi) is 3.51. The molecule has 0 spiro atoms. The van der Waals surface area contributed by atoms with Crippen molar-refractivity contribution in [2.75, 3.05) is 7.11 Å². The van der Waals surface area contributed by atoms with Crippen LogP contribution in [0.5, 0.6) is 5.75 Å². The molecule has 0 saturated heterocycles. The zero-order chi connectivity index (χ0) is 14.7. The second-order valence-corrected chi connectivity index (χ2v) is 4.56. The molecule has 2 aromatic heterocycles. The summed E-state index contributed by atoms with van der Waals surface area (Å²) in [6.07, 6.45) is 9.03. The van der Waals surface area contributed by atoms with E-state index >= 15 is 0 Å². The Bertz CT molecular complexity index is 758. The Morgan fingerprint density at radius 3 is 2.81 bits per heavy atom. The van der Waals surface area contributed by atoms with E-state index < -0.39 is 0 Å². The molecule has 0 bridgehead atoms. The quantitative estimate of drug-likeness (QED) is 0.797. The van der Waals surface area contributed by atoms with Gasteiger partial charge in [-0.3, -0.25) is 5.10 Å². The Balaban J connectivity index is 1.92. The second kappa shape index (κ2) is 5.62. The van der Waals surface area contributed by atoms with Crippen LogP contribution in [-0.4, -0.2) is 31.8 Å². The summed E-state index contributed by atoms with van der Waals surface area (Å²) in [5.41, 5.74) is 2.94. The van der Waals surface area contributed by atoms with Crippen molar-refractivity contribution in [2.24, 2.45) is 0 Å². The third-order valence-corrected chi connectivity index (χ3v) is 3.06. The summed E-state index contributed by atoms with van der Waals surface area (Å²) in [5.74, 6) is 1.50. The summed E-state index contributed by atoms with van der Waals surface area (Å²) in [6.45, 7) is 1.96. The van der Waals surface area contributed by atoms with Crippen molar-refractivity contribution in [1.29, 1.82) is 0 Å². The third kappa shape index (κ3) is 2.84. The van der Waals surface area contributed by atoms with Crippen molar-refractivity contribution in [2.45, 2.75) is 6.92 Å². The number of aromatic nitrogens is 5. The molecule has 0 aliphatic carbocycles. The lowest BCUT2D eigenvalue weighted by Crippen LogP contribution is -1.95. The van der Waals surface area contributed by atoms with Gasteiger partial charge in [0.15, 0.2) is 0 Å². The summed E-state index contributed by atoms with van der Waals surface area (Å²) >= 11 is 0. The fraction of sp³-hybridized carbons (Fsp3) is 0.133. The van der Waals surface area contributed by atoms with Crippen LogP contribution in [-0.2, 0) is 0 Å². The van der Waals surface area contributed by atoms with Crippen molar-refractivity contribution < 1.29 is 4.74 Å². The highest BCUT2D eigenvalue weighted by molar-refractivity contribution is 5.68. The van der Waals surface area contributed by atoms with E-state index in [-0.39, 0.29) is 0 Å². The Morgan fingerprint density at radius 1 is 1.24 bits per heavy atom. The van der Waals surface area contributed by atoms with E-state index in [1.807, 2.05) is 48.0 Å². The second-order valence-electron chi connectivity index (χ2n) is 4.56. The molecule has 1 N–H and O–H groups in total. The van der Waals surface area contributed by atoms with Gasteiger partial charge in [0.25, 0.3) is 0 Å². The summed E-state index contributed by atoms with van der Waals surface area (Å²) in [5, 5.41) is 6.59. The molecule has 3 rings (SSSR count). The minimum absolute atomic E-state index is 0.711. The first kappa shape index (κ1) is 13.1. The van der Waals surface area contributed by atoms with Gasteiger partial charge >= 0.3 is 0 Å². The number of hydrogen-bond donors (Lipinski definition) is 1.